The van der Waals surface area contributed by atoms with Crippen molar-refractivity contribution in [1.29, 1.82) is 0 Å². The molecule has 0 radical (unpaired) electrons. The van der Waals surface area contributed by atoms with Gasteiger partial charge in [-0.25, -0.2) is 14.8 Å². The van der Waals surface area contributed by atoms with Crippen LogP contribution in [0.25, 0.3) is 0 Å². The molecule has 1 atom stereocenters. The van der Waals surface area contributed by atoms with Crippen molar-refractivity contribution < 1.29 is 9.63 Å². The average Bonchev–Trinajstić information content (AvgIpc) is 2.09. The molecule has 0 aromatic carbocycles. The second-order valence-corrected chi connectivity index (χ2v) is 2.66. The van der Waals surface area contributed by atoms with Crippen LogP contribution < -0.4 is 0 Å². The Morgan fingerprint density at radius 3 is 3.08 bits per heavy atom. The van der Waals surface area contributed by atoms with E-state index in [2.05, 4.69) is 21.4 Å². The minimum absolute atomic E-state index is 0.00546. The van der Waals surface area contributed by atoms with Crippen LogP contribution in [-0.2, 0) is 9.63 Å². The Kier molecular flexibility index (Phi) is 3.27. The molecule has 0 saturated heterocycles. The highest BCUT2D eigenvalue weighted by molar-refractivity contribution is 6.65. The molecule has 70 valence electrons. The van der Waals surface area contributed by atoms with Crippen molar-refractivity contribution in [1.82, 2.24) is 5.06 Å². The van der Waals surface area contributed by atoms with Gasteiger partial charge in [0.1, 0.15) is 6.34 Å². The van der Waals surface area contributed by atoms with Crippen molar-refractivity contribution in [3.05, 3.63) is 12.7 Å². The summed E-state index contributed by atoms with van der Waals surface area (Å²) in [5.41, 5.74) is -0.895. The lowest BCUT2D eigenvalue weighted by molar-refractivity contribution is -0.167. The minimum atomic E-state index is -0.895. The maximum absolute atomic E-state index is 10.7. The summed E-state index contributed by atoms with van der Waals surface area (Å²) in [4.78, 5) is 22.5. The molecule has 7 heteroatoms. The number of aliphatic imine (C=N–C) groups is 2. The molecular weight excluding hydrogens is 217 g/mol. The fourth-order valence-corrected chi connectivity index (χ4v) is 0.915. The van der Waals surface area contributed by atoms with E-state index in [-0.39, 0.29) is 5.29 Å². The number of halogens is 2. The van der Waals surface area contributed by atoms with Crippen molar-refractivity contribution in [2.24, 2.45) is 9.98 Å². The van der Waals surface area contributed by atoms with E-state index in [0.717, 1.165) is 17.5 Å². The van der Waals surface area contributed by atoms with E-state index in [9.17, 15) is 4.79 Å². The van der Waals surface area contributed by atoms with Crippen LogP contribution in [0.15, 0.2) is 22.6 Å². The lowest BCUT2D eigenvalue weighted by Gasteiger charge is -2.21. The van der Waals surface area contributed by atoms with Crippen molar-refractivity contribution >= 4 is 40.8 Å². The zero-order valence-electron chi connectivity index (χ0n) is 6.35. The van der Waals surface area contributed by atoms with E-state index >= 15 is 0 Å². The SMILES string of the molecule is C=CC(=O)ON1C=NC(Cl)=NC1Cl. The van der Waals surface area contributed by atoms with Gasteiger partial charge >= 0.3 is 5.97 Å². The number of alkyl halides is 1. The predicted octanol–water partition coefficient (Wildman–Crippen LogP) is 1.09. The summed E-state index contributed by atoms with van der Waals surface area (Å²) in [6, 6.07) is 0. The molecule has 1 heterocycles. The molecule has 1 aliphatic rings. The quantitative estimate of drug-likeness (QED) is 0.399. The van der Waals surface area contributed by atoms with Crippen LogP contribution in [0.2, 0.25) is 0 Å². The van der Waals surface area contributed by atoms with Gasteiger partial charge in [0.2, 0.25) is 10.9 Å². The number of rotatable bonds is 2. The minimum Gasteiger partial charge on any atom is -0.332 e. The van der Waals surface area contributed by atoms with Crippen molar-refractivity contribution in [3.8, 4) is 0 Å². The Morgan fingerprint density at radius 2 is 2.54 bits per heavy atom. The molecule has 1 aliphatic heterocycles. The summed E-state index contributed by atoms with van der Waals surface area (Å²) in [6.07, 6.45) is 2.16. The molecule has 0 aliphatic carbocycles. The zero-order valence-corrected chi connectivity index (χ0v) is 7.87. The topological polar surface area (TPSA) is 54.3 Å². The number of carbonyl (C=O) groups excluding carboxylic acids is 1. The van der Waals surface area contributed by atoms with E-state index in [0.29, 0.717) is 0 Å². The first-order valence-corrected chi connectivity index (χ1v) is 3.99. The smallest absolute Gasteiger partial charge is 0.332 e. The number of hydroxylamine groups is 2. The van der Waals surface area contributed by atoms with Crippen molar-refractivity contribution in [2.75, 3.05) is 0 Å². The Hall–Kier alpha value is -1.07. The van der Waals surface area contributed by atoms with Gasteiger partial charge in [0, 0.05) is 6.08 Å². The largest absolute Gasteiger partial charge is 0.355 e. The van der Waals surface area contributed by atoms with Gasteiger partial charge in [0.25, 0.3) is 0 Å². The summed E-state index contributed by atoms with van der Waals surface area (Å²) in [5, 5.41) is 0.961. The first-order chi connectivity index (χ1) is 6.13. The highest BCUT2D eigenvalue weighted by atomic mass is 35.5. The van der Waals surface area contributed by atoms with Crippen LogP contribution in [0.3, 0.4) is 0 Å². The van der Waals surface area contributed by atoms with Crippen molar-refractivity contribution in [2.45, 2.75) is 5.62 Å². The van der Waals surface area contributed by atoms with Crippen LogP contribution in [0.1, 0.15) is 0 Å². The lowest BCUT2D eigenvalue weighted by Crippen LogP contribution is -2.33. The maximum atomic E-state index is 10.7. The van der Waals surface area contributed by atoms with Gasteiger partial charge in [0.05, 0.1) is 0 Å². The third kappa shape index (κ3) is 2.71. The average molecular weight is 222 g/mol. The predicted molar refractivity (Wildman–Crippen MR) is 49.5 cm³/mol. The fourth-order valence-electron chi connectivity index (χ4n) is 0.546. The molecule has 13 heavy (non-hydrogen) atoms. The highest BCUT2D eigenvalue weighted by Gasteiger charge is 2.19. The highest BCUT2D eigenvalue weighted by Crippen LogP contribution is 2.11. The van der Waals surface area contributed by atoms with E-state index in [1.807, 2.05) is 0 Å². The molecule has 0 N–H and O–H groups in total. The first kappa shape index (κ1) is 10.0. The summed E-state index contributed by atoms with van der Waals surface area (Å²) in [7, 11) is 0. The number of amidine groups is 1. The molecule has 0 aromatic rings. The third-order valence-corrected chi connectivity index (χ3v) is 1.55. The normalized spacial score (nSPS) is 20.9. The number of hydrogen-bond acceptors (Lipinski definition) is 5. The summed E-state index contributed by atoms with van der Waals surface area (Å²) in [5.74, 6) is -0.648. The number of nitrogens with zero attached hydrogens (tertiary/aromatic N) is 3. The summed E-state index contributed by atoms with van der Waals surface area (Å²) < 4.78 is 0. The molecule has 1 rings (SSSR count). The zero-order chi connectivity index (χ0) is 9.84. The number of carbonyl (C=O) groups is 1. The molecule has 5 nitrogen and oxygen atoms in total. The molecule has 1 unspecified atom stereocenters. The molecule has 0 amide bonds. The first-order valence-electron chi connectivity index (χ1n) is 3.17. The second kappa shape index (κ2) is 4.25. The van der Waals surface area contributed by atoms with Gasteiger partial charge in [-0.05, 0) is 11.6 Å². The van der Waals surface area contributed by atoms with E-state index in [4.69, 9.17) is 23.2 Å². The van der Waals surface area contributed by atoms with Crippen molar-refractivity contribution in [3.63, 3.8) is 0 Å². The van der Waals surface area contributed by atoms with Gasteiger partial charge < -0.3 is 4.84 Å². The van der Waals surface area contributed by atoms with Crippen LogP contribution in [0, 0.1) is 0 Å². The maximum Gasteiger partial charge on any atom is 0.355 e. The van der Waals surface area contributed by atoms with Gasteiger partial charge in [-0.1, -0.05) is 18.2 Å². The number of hydrogen-bond donors (Lipinski definition) is 0. The Morgan fingerprint density at radius 1 is 1.85 bits per heavy atom. The molecule has 0 spiro atoms. The van der Waals surface area contributed by atoms with Crippen LogP contribution in [-0.4, -0.2) is 28.3 Å². The van der Waals surface area contributed by atoms with Gasteiger partial charge in [-0.2, -0.15) is 5.06 Å². The summed E-state index contributed by atoms with van der Waals surface area (Å²) in [6.45, 7) is 3.22. The lowest BCUT2D eigenvalue weighted by atomic mass is 10.7. The Balaban J connectivity index is 2.59. The molecule has 0 fully saturated rings. The van der Waals surface area contributed by atoms with Crippen LogP contribution in [0.4, 0.5) is 0 Å². The summed E-state index contributed by atoms with van der Waals surface area (Å²) >= 11 is 11.1. The molecule has 0 saturated carbocycles. The van der Waals surface area contributed by atoms with Crippen LogP contribution in [0.5, 0.6) is 0 Å². The van der Waals surface area contributed by atoms with Crippen LogP contribution >= 0.6 is 23.2 Å². The van der Waals surface area contributed by atoms with E-state index < -0.39 is 11.6 Å². The van der Waals surface area contributed by atoms with Gasteiger partial charge in [0.15, 0.2) is 0 Å². The fraction of sp³-hybridized carbons (Fsp3) is 0.167. The standard InChI is InChI=1S/C6H5Cl2N3O2/c1-2-4(12)13-11-3-9-5(7)10-6(11)8/h2-3,6H,1H2. The van der Waals surface area contributed by atoms with Gasteiger partial charge in [-0.3, -0.25) is 0 Å². The van der Waals surface area contributed by atoms with Gasteiger partial charge in [-0.15, -0.1) is 0 Å². The molecule has 0 aromatic heterocycles. The van der Waals surface area contributed by atoms with E-state index in [1.165, 1.54) is 0 Å². The van der Waals surface area contributed by atoms with E-state index in [1.54, 1.807) is 0 Å². The molecular formula is C6H5Cl2N3O2. The molecule has 0 bridgehead atoms. The Bertz CT molecular complexity index is 290. The second-order valence-electron chi connectivity index (χ2n) is 1.93. The monoisotopic (exact) mass is 221 g/mol. The third-order valence-electron chi connectivity index (χ3n) is 1.06. The Labute approximate surface area is 84.3 Å².